The normalized spacial score (nSPS) is 22.2. The largest absolute Gasteiger partial charge is 0.497 e. The van der Waals surface area contributed by atoms with Gasteiger partial charge in [-0.15, -0.1) is 0 Å². The van der Waals surface area contributed by atoms with E-state index in [-0.39, 0.29) is 33.7 Å². The Morgan fingerprint density at radius 1 is 0.857 bits per heavy atom. The molecule has 42 heavy (non-hydrogen) atoms. The molecular formula is C32H27ClN2O7. The van der Waals surface area contributed by atoms with Crippen LogP contribution in [0, 0.1) is 23.7 Å². The average molecular weight is 587 g/mol. The van der Waals surface area contributed by atoms with Crippen LogP contribution in [0.3, 0.4) is 0 Å². The van der Waals surface area contributed by atoms with Gasteiger partial charge in [0.2, 0.25) is 0 Å². The second kappa shape index (κ2) is 11.1. The molecule has 3 aromatic carbocycles. The summed E-state index contributed by atoms with van der Waals surface area (Å²) in [6.45, 7) is -0.556. The zero-order valence-corrected chi connectivity index (χ0v) is 23.5. The van der Waals surface area contributed by atoms with Gasteiger partial charge in [-0.05, 0) is 85.7 Å². The van der Waals surface area contributed by atoms with Crippen molar-refractivity contribution < 1.29 is 33.4 Å². The van der Waals surface area contributed by atoms with E-state index in [1.54, 1.807) is 36.4 Å². The van der Waals surface area contributed by atoms with Gasteiger partial charge < -0.3 is 9.47 Å². The molecule has 214 valence electrons. The van der Waals surface area contributed by atoms with E-state index in [1.807, 2.05) is 0 Å². The molecule has 3 aliphatic rings. The first-order chi connectivity index (χ1) is 20.3. The summed E-state index contributed by atoms with van der Waals surface area (Å²) >= 11 is 6.30. The quantitative estimate of drug-likeness (QED) is 0.161. The first kappa shape index (κ1) is 27.7. The molecule has 6 rings (SSSR count). The number of amides is 3. The molecule has 0 unspecified atom stereocenters. The lowest BCUT2D eigenvalue weighted by Crippen LogP contribution is -2.52. The van der Waals surface area contributed by atoms with Crippen LogP contribution in [0.2, 0.25) is 5.02 Å². The first-order valence-electron chi connectivity index (χ1n) is 13.7. The maximum Gasteiger partial charge on any atom is 0.343 e. The molecule has 3 aromatic rings. The number of nitrogens with zero attached hydrogens (tertiary/aromatic N) is 2. The summed E-state index contributed by atoms with van der Waals surface area (Å²) in [4.78, 5) is 66.9. The molecule has 0 radical (unpaired) electrons. The smallest absolute Gasteiger partial charge is 0.343 e. The van der Waals surface area contributed by atoms with Crippen molar-refractivity contribution in [3.63, 3.8) is 0 Å². The zero-order chi connectivity index (χ0) is 29.5. The summed E-state index contributed by atoms with van der Waals surface area (Å²) in [5.41, 5.74) is 0.571. The van der Waals surface area contributed by atoms with Crippen molar-refractivity contribution in [2.45, 2.75) is 19.3 Å². The lowest BCUT2D eigenvalue weighted by atomic mass is 9.81. The fourth-order valence-corrected chi connectivity index (χ4v) is 6.71. The van der Waals surface area contributed by atoms with E-state index in [1.165, 1.54) is 43.5 Å². The number of Topliss-reactive ketones (excluding diaryl/α,β-unsaturated/α-hetero) is 1. The molecule has 3 fully saturated rings. The predicted octanol–water partition coefficient (Wildman–Crippen LogP) is 4.84. The lowest BCUT2D eigenvalue weighted by molar-refractivity contribution is -0.155. The number of fused-ring (bicyclic) bond motifs is 5. The molecule has 1 saturated heterocycles. The summed E-state index contributed by atoms with van der Waals surface area (Å²) in [5, 5.41) is 1.96. The van der Waals surface area contributed by atoms with Gasteiger partial charge in [-0.3, -0.25) is 19.2 Å². The second-order valence-corrected chi connectivity index (χ2v) is 11.2. The van der Waals surface area contributed by atoms with E-state index in [0.717, 1.165) is 29.3 Å². The number of ketones is 1. The van der Waals surface area contributed by atoms with Gasteiger partial charge in [0.15, 0.2) is 5.78 Å². The number of hydrogen-bond acceptors (Lipinski definition) is 7. The summed E-state index contributed by atoms with van der Waals surface area (Å²) in [6, 6.07) is 18.6. The highest BCUT2D eigenvalue weighted by Crippen LogP contribution is 2.56. The summed E-state index contributed by atoms with van der Waals surface area (Å²) < 4.78 is 10.6. The van der Waals surface area contributed by atoms with Crippen LogP contribution in [-0.2, 0) is 9.59 Å². The Kier molecular flexibility index (Phi) is 7.28. The number of hydrazine groups is 1. The lowest BCUT2D eigenvalue weighted by Gasteiger charge is -2.31. The van der Waals surface area contributed by atoms with Gasteiger partial charge in [-0.2, -0.15) is 5.01 Å². The number of imide groups is 1. The SMILES string of the molecule is COc1cccc(C(=O)Oc2ccc(C(=O)CN(C(=O)c3ccccc3Cl)N3C(=O)[C@H]4[C@H]5CC[C@@H](C5)[C@@H]4C3=O)cc2)c1. The third-order valence-electron chi connectivity index (χ3n) is 8.47. The number of halogens is 1. The summed E-state index contributed by atoms with van der Waals surface area (Å²) in [6.07, 6.45) is 2.60. The predicted molar refractivity (Wildman–Crippen MR) is 151 cm³/mol. The van der Waals surface area contributed by atoms with Crippen LogP contribution in [0.25, 0.3) is 0 Å². The highest BCUT2D eigenvalue weighted by Gasteiger charge is 2.62. The third kappa shape index (κ3) is 4.83. The highest BCUT2D eigenvalue weighted by atomic mass is 35.5. The average Bonchev–Trinajstić information content (AvgIpc) is 3.69. The monoisotopic (exact) mass is 586 g/mol. The number of carbonyl (C=O) groups excluding carboxylic acids is 5. The van der Waals surface area contributed by atoms with Gasteiger partial charge in [0.05, 0.1) is 35.1 Å². The molecule has 0 aromatic heterocycles. The molecule has 2 bridgehead atoms. The van der Waals surface area contributed by atoms with Crippen LogP contribution in [0.15, 0.2) is 72.8 Å². The fourth-order valence-electron chi connectivity index (χ4n) is 6.49. The Hall–Kier alpha value is -4.50. The fraction of sp³-hybridized carbons (Fsp3) is 0.281. The van der Waals surface area contributed by atoms with Crippen molar-refractivity contribution in [3.8, 4) is 11.5 Å². The van der Waals surface area contributed by atoms with Crippen molar-refractivity contribution in [1.82, 2.24) is 10.0 Å². The molecule has 10 heteroatoms. The van der Waals surface area contributed by atoms with Gasteiger partial charge in [-0.1, -0.05) is 29.8 Å². The van der Waals surface area contributed by atoms with E-state index in [9.17, 15) is 24.0 Å². The van der Waals surface area contributed by atoms with Crippen molar-refractivity contribution in [2.24, 2.45) is 23.7 Å². The molecule has 0 spiro atoms. The van der Waals surface area contributed by atoms with Crippen LogP contribution in [0.5, 0.6) is 11.5 Å². The molecule has 0 N–H and O–H groups in total. The minimum absolute atomic E-state index is 0.0763. The van der Waals surface area contributed by atoms with Crippen LogP contribution < -0.4 is 9.47 Å². The Balaban J connectivity index is 1.23. The molecule has 9 nitrogen and oxygen atoms in total. The van der Waals surface area contributed by atoms with E-state index in [4.69, 9.17) is 21.1 Å². The number of methoxy groups -OCH3 is 1. The molecule has 3 amide bonds. The van der Waals surface area contributed by atoms with E-state index in [0.29, 0.717) is 11.3 Å². The van der Waals surface area contributed by atoms with Crippen LogP contribution in [-0.4, -0.2) is 53.1 Å². The molecule has 2 aliphatic carbocycles. The van der Waals surface area contributed by atoms with Crippen molar-refractivity contribution in [2.75, 3.05) is 13.7 Å². The molecule has 4 atom stereocenters. The zero-order valence-electron chi connectivity index (χ0n) is 22.7. The van der Waals surface area contributed by atoms with Gasteiger partial charge in [0.25, 0.3) is 17.7 Å². The van der Waals surface area contributed by atoms with E-state index >= 15 is 0 Å². The minimum Gasteiger partial charge on any atom is -0.497 e. The van der Waals surface area contributed by atoms with Crippen molar-refractivity contribution >= 4 is 41.1 Å². The van der Waals surface area contributed by atoms with Crippen molar-refractivity contribution in [1.29, 1.82) is 0 Å². The minimum atomic E-state index is -0.716. The number of rotatable bonds is 8. The summed E-state index contributed by atoms with van der Waals surface area (Å²) in [7, 11) is 1.49. The van der Waals surface area contributed by atoms with Gasteiger partial charge >= 0.3 is 5.97 Å². The second-order valence-electron chi connectivity index (χ2n) is 10.8. The highest BCUT2D eigenvalue weighted by molar-refractivity contribution is 6.34. The molecule has 1 aliphatic heterocycles. The number of esters is 1. The van der Waals surface area contributed by atoms with Gasteiger partial charge in [0.1, 0.15) is 18.0 Å². The first-order valence-corrected chi connectivity index (χ1v) is 14.1. The van der Waals surface area contributed by atoms with Crippen LogP contribution in [0.1, 0.15) is 50.3 Å². The van der Waals surface area contributed by atoms with Crippen LogP contribution >= 0.6 is 11.6 Å². The Labute approximate surface area is 246 Å². The Morgan fingerprint density at radius 2 is 1.52 bits per heavy atom. The van der Waals surface area contributed by atoms with Gasteiger partial charge in [-0.25, -0.2) is 9.80 Å². The Bertz CT molecular complexity index is 1580. The molecule has 1 heterocycles. The number of benzene rings is 3. The number of ether oxygens (including phenoxy) is 2. The summed E-state index contributed by atoms with van der Waals surface area (Å²) in [5.74, 6) is -2.70. The van der Waals surface area contributed by atoms with Gasteiger partial charge in [0, 0.05) is 5.56 Å². The maximum absolute atomic E-state index is 13.7. The maximum atomic E-state index is 13.7. The number of carbonyl (C=O) groups is 5. The van der Waals surface area contributed by atoms with Crippen molar-refractivity contribution in [3.05, 3.63) is 94.5 Å². The van der Waals surface area contributed by atoms with E-state index in [2.05, 4.69) is 0 Å². The standard InChI is InChI=1S/C32H27ClN2O7/c1-41-23-6-4-5-21(16-23)32(40)42-22-13-11-18(12-14-22)26(36)17-34(29(37)24-7-2-3-8-25(24)33)35-30(38)27-19-9-10-20(15-19)28(27)31(35)39/h2-8,11-14,16,19-20,27-28H,9-10,15,17H2,1H3/t19-,20-,27-,28-/m0/s1. The third-order valence-corrected chi connectivity index (χ3v) is 8.80. The number of hydrogen-bond donors (Lipinski definition) is 0. The van der Waals surface area contributed by atoms with E-state index < -0.39 is 47.9 Å². The topological polar surface area (TPSA) is 110 Å². The molecular weight excluding hydrogens is 560 g/mol. The molecule has 2 saturated carbocycles. The van der Waals surface area contributed by atoms with Crippen LogP contribution in [0.4, 0.5) is 0 Å². The Morgan fingerprint density at radius 3 is 2.17 bits per heavy atom.